The molecule has 0 aliphatic carbocycles. The van der Waals surface area contributed by atoms with Crippen molar-refractivity contribution in [1.29, 1.82) is 0 Å². The van der Waals surface area contributed by atoms with Gasteiger partial charge >= 0.3 is 5.97 Å². The quantitative estimate of drug-likeness (QED) is 0.573. The van der Waals surface area contributed by atoms with E-state index in [0.717, 1.165) is 0 Å². The Labute approximate surface area is 160 Å². The van der Waals surface area contributed by atoms with Crippen LogP contribution in [0.1, 0.15) is 26.5 Å². The van der Waals surface area contributed by atoms with Gasteiger partial charge < -0.3 is 9.84 Å². The zero-order chi connectivity index (χ0) is 19.5. The van der Waals surface area contributed by atoms with E-state index in [1.54, 1.807) is 30.3 Å². The summed E-state index contributed by atoms with van der Waals surface area (Å²) < 4.78 is 7.19. The van der Waals surface area contributed by atoms with E-state index >= 15 is 0 Å². The van der Waals surface area contributed by atoms with Gasteiger partial charge in [0.05, 0.1) is 22.2 Å². The van der Waals surface area contributed by atoms with Crippen LogP contribution in [0, 0.1) is 0 Å². The number of hydrogen-bond donors (Lipinski definition) is 1. The Morgan fingerprint density at radius 3 is 2.25 bits per heavy atom. The summed E-state index contributed by atoms with van der Waals surface area (Å²) in [4.78, 5) is 29.4. The normalized spacial score (nSPS) is 10.7. The van der Waals surface area contributed by atoms with Crippen LogP contribution in [0.3, 0.4) is 0 Å². The number of carboxylic acid groups (broad SMARTS) is 1. The summed E-state index contributed by atoms with van der Waals surface area (Å²) in [6.45, 7) is 0.0691. The van der Waals surface area contributed by atoms with Crippen molar-refractivity contribution in [1.82, 2.24) is 9.55 Å². The van der Waals surface area contributed by atoms with Gasteiger partial charge in [0.2, 0.25) is 0 Å². The minimum Gasteiger partial charge on any atom is -0.486 e. The van der Waals surface area contributed by atoms with Crippen LogP contribution in [0.15, 0.2) is 78.9 Å². The molecule has 0 radical (unpaired) electrons. The van der Waals surface area contributed by atoms with Crippen LogP contribution >= 0.6 is 0 Å². The highest BCUT2D eigenvalue weighted by Crippen LogP contribution is 2.21. The van der Waals surface area contributed by atoms with Crippen LogP contribution in [-0.2, 0) is 6.61 Å². The molecular formula is C22H16N2O4. The minimum atomic E-state index is -1.16. The Bertz CT molecular complexity index is 1170. The first-order chi connectivity index (χ1) is 13.6. The molecule has 0 bridgehead atoms. The van der Waals surface area contributed by atoms with E-state index in [1.807, 2.05) is 36.4 Å². The van der Waals surface area contributed by atoms with Crippen LogP contribution in [0.4, 0.5) is 0 Å². The molecule has 0 unspecified atom stereocenters. The summed E-state index contributed by atoms with van der Waals surface area (Å²) >= 11 is 0. The highest BCUT2D eigenvalue weighted by atomic mass is 16.5. The molecule has 4 rings (SSSR count). The summed E-state index contributed by atoms with van der Waals surface area (Å²) in [5, 5.41) is 9.44. The Kier molecular flexibility index (Phi) is 4.60. The largest absolute Gasteiger partial charge is 0.486 e. The zero-order valence-corrected chi connectivity index (χ0v) is 14.8. The van der Waals surface area contributed by atoms with E-state index in [2.05, 4.69) is 4.98 Å². The molecule has 1 heterocycles. The number of aromatic nitrogens is 2. The standard InChI is InChI=1S/C22H16N2O4/c25-21(16-10-4-5-11-17(16)22(26)27)24-19-13-7-6-12-18(19)23-20(24)14-28-15-8-2-1-3-9-15/h1-13H,14H2,(H,26,27). The van der Waals surface area contributed by atoms with E-state index in [0.29, 0.717) is 22.6 Å². The molecular weight excluding hydrogens is 356 g/mol. The zero-order valence-electron chi connectivity index (χ0n) is 14.8. The lowest BCUT2D eigenvalue weighted by molar-refractivity contribution is 0.0691. The molecule has 0 aliphatic rings. The molecule has 0 fully saturated rings. The second-order valence-corrected chi connectivity index (χ2v) is 6.11. The van der Waals surface area contributed by atoms with Crippen LogP contribution in [0.25, 0.3) is 11.0 Å². The van der Waals surface area contributed by atoms with Crippen LogP contribution in [0.2, 0.25) is 0 Å². The average Bonchev–Trinajstić information content (AvgIpc) is 3.11. The average molecular weight is 372 g/mol. The number of imidazole rings is 1. The molecule has 28 heavy (non-hydrogen) atoms. The van der Waals surface area contributed by atoms with Crippen molar-refractivity contribution in [3.63, 3.8) is 0 Å². The van der Waals surface area contributed by atoms with Crippen molar-refractivity contribution in [2.45, 2.75) is 6.61 Å². The maximum absolute atomic E-state index is 13.3. The van der Waals surface area contributed by atoms with E-state index < -0.39 is 11.9 Å². The molecule has 0 saturated carbocycles. The number of para-hydroxylation sites is 3. The predicted molar refractivity (Wildman–Crippen MR) is 104 cm³/mol. The van der Waals surface area contributed by atoms with Gasteiger partial charge in [-0.2, -0.15) is 0 Å². The first kappa shape index (κ1) is 17.5. The third-order valence-electron chi connectivity index (χ3n) is 4.33. The molecule has 0 aliphatic heterocycles. The number of fused-ring (bicyclic) bond motifs is 1. The van der Waals surface area contributed by atoms with Gasteiger partial charge in [-0.25, -0.2) is 9.78 Å². The smallest absolute Gasteiger partial charge is 0.336 e. The van der Waals surface area contributed by atoms with E-state index in [1.165, 1.54) is 16.7 Å². The number of aromatic carboxylic acids is 1. The van der Waals surface area contributed by atoms with Crippen molar-refractivity contribution < 1.29 is 19.4 Å². The third kappa shape index (κ3) is 3.23. The molecule has 0 spiro atoms. The monoisotopic (exact) mass is 372 g/mol. The molecule has 6 heteroatoms. The number of carbonyl (C=O) groups is 2. The highest BCUT2D eigenvalue weighted by Gasteiger charge is 2.22. The second-order valence-electron chi connectivity index (χ2n) is 6.11. The first-order valence-corrected chi connectivity index (χ1v) is 8.66. The number of nitrogens with zero attached hydrogens (tertiary/aromatic N) is 2. The van der Waals surface area contributed by atoms with E-state index in [9.17, 15) is 14.7 Å². The lowest BCUT2D eigenvalue weighted by Crippen LogP contribution is -2.19. The number of carboxylic acids is 1. The number of carbonyl (C=O) groups excluding carboxylic acids is 1. The SMILES string of the molecule is O=C(O)c1ccccc1C(=O)n1c(COc2ccccc2)nc2ccccc21. The van der Waals surface area contributed by atoms with Crippen molar-refractivity contribution in [3.8, 4) is 5.75 Å². The van der Waals surface area contributed by atoms with Crippen molar-refractivity contribution in [2.24, 2.45) is 0 Å². The molecule has 6 nitrogen and oxygen atoms in total. The van der Waals surface area contributed by atoms with Gasteiger partial charge in [0, 0.05) is 0 Å². The van der Waals surface area contributed by atoms with E-state index in [-0.39, 0.29) is 17.7 Å². The third-order valence-corrected chi connectivity index (χ3v) is 4.33. The fourth-order valence-electron chi connectivity index (χ4n) is 3.04. The van der Waals surface area contributed by atoms with Crippen LogP contribution < -0.4 is 4.74 Å². The number of rotatable bonds is 5. The van der Waals surface area contributed by atoms with Gasteiger partial charge in [-0.05, 0) is 36.4 Å². The van der Waals surface area contributed by atoms with Gasteiger partial charge in [-0.15, -0.1) is 0 Å². The second kappa shape index (κ2) is 7.36. The molecule has 0 atom stereocenters. The number of hydrogen-bond acceptors (Lipinski definition) is 4. The van der Waals surface area contributed by atoms with Crippen molar-refractivity contribution >= 4 is 22.9 Å². The molecule has 1 aromatic heterocycles. The maximum atomic E-state index is 13.3. The summed E-state index contributed by atoms with van der Waals surface area (Å²) in [5.41, 5.74) is 1.27. The lowest BCUT2D eigenvalue weighted by Gasteiger charge is -2.11. The maximum Gasteiger partial charge on any atom is 0.336 e. The Morgan fingerprint density at radius 2 is 1.50 bits per heavy atom. The van der Waals surface area contributed by atoms with Crippen molar-refractivity contribution in [3.05, 3.63) is 95.8 Å². The van der Waals surface area contributed by atoms with Gasteiger partial charge in [0.15, 0.2) is 5.82 Å². The minimum absolute atomic E-state index is 0.0554. The Hall–Kier alpha value is -3.93. The summed E-state index contributed by atoms with van der Waals surface area (Å²) in [5.74, 6) is -0.566. The predicted octanol–water partition coefficient (Wildman–Crippen LogP) is 4.00. The Balaban J connectivity index is 1.79. The van der Waals surface area contributed by atoms with Gasteiger partial charge in [0.25, 0.3) is 5.91 Å². The van der Waals surface area contributed by atoms with Gasteiger partial charge in [-0.3, -0.25) is 9.36 Å². The Morgan fingerprint density at radius 1 is 0.857 bits per heavy atom. The summed E-state index contributed by atoms with van der Waals surface area (Å²) in [6, 6.07) is 22.6. The molecule has 138 valence electrons. The molecule has 4 aromatic rings. The molecule has 1 N–H and O–H groups in total. The fourth-order valence-corrected chi connectivity index (χ4v) is 3.04. The molecule has 0 saturated heterocycles. The van der Waals surface area contributed by atoms with Crippen LogP contribution in [-0.4, -0.2) is 26.5 Å². The molecule has 3 aromatic carbocycles. The van der Waals surface area contributed by atoms with Crippen LogP contribution in [0.5, 0.6) is 5.75 Å². The van der Waals surface area contributed by atoms with E-state index in [4.69, 9.17) is 4.74 Å². The van der Waals surface area contributed by atoms with Gasteiger partial charge in [-0.1, -0.05) is 42.5 Å². The number of ether oxygens (including phenoxy) is 1. The fraction of sp³-hybridized carbons (Fsp3) is 0.0455. The topological polar surface area (TPSA) is 81.4 Å². The highest BCUT2D eigenvalue weighted by molar-refractivity contribution is 6.08. The number of benzene rings is 3. The van der Waals surface area contributed by atoms with Crippen molar-refractivity contribution in [2.75, 3.05) is 0 Å². The first-order valence-electron chi connectivity index (χ1n) is 8.66. The summed E-state index contributed by atoms with van der Waals surface area (Å²) in [6.07, 6.45) is 0. The molecule has 0 amide bonds. The lowest BCUT2D eigenvalue weighted by atomic mass is 10.1. The van der Waals surface area contributed by atoms with Gasteiger partial charge in [0.1, 0.15) is 12.4 Å². The summed E-state index contributed by atoms with van der Waals surface area (Å²) in [7, 11) is 0.